The Morgan fingerprint density at radius 1 is 1.33 bits per heavy atom. The minimum atomic E-state index is 0.114. The summed E-state index contributed by atoms with van der Waals surface area (Å²) in [4.78, 5) is 4.85. The van der Waals surface area contributed by atoms with Crippen LogP contribution in [0.4, 0.5) is 0 Å². The molecule has 0 unspecified atom stereocenters. The highest BCUT2D eigenvalue weighted by atomic mass is 32.2. The van der Waals surface area contributed by atoms with E-state index in [1.54, 1.807) is 0 Å². The number of amidine groups is 1. The summed E-state index contributed by atoms with van der Waals surface area (Å²) >= 11 is 1.86. The summed E-state index contributed by atoms with van der Waals surface area (Å²) in [5.74, 6) is 1.12. The number of thioether (sulfide) groups is 1. The zero-order valence-corrected chi connectivity index (χ0v) is 10.6. The van der Waals surface area contributed by atoms with Gasteiger partial charge in [-0.1, -0.05) is 11.8 Å². The van der Waals surface area contributed by atoms with E-state index in [-0.39, 0.29) is 11.1 Å². The van der Waals surface area contributed by atoms with Crippen LogP contribution in [0.25, 0.3) is 0 Å². The van der Waals surface area contributed by atoms with E-state index in [1.807, 2.05) is 11.8 Å². The van der Waals surface area contributed by atoms with Gasteiger partial charge in [0.1, 0.15) is 0 Å². The van der Waals surface area contributed by atoms with Crippen LogP contribution >= 0.6 is 11.8 Å². The number of ether oxygens (including phenoxy) is 1. The Hall–Kier alpha value is -0.220. The summed E-state index contributed by atoms with van der Waals surface area (Å²) in [6.45, 7) is 8.25. The summed E-state index contributed by atoms with van der Waals surface area (Å²) in [5, 5.41) is 4.58. The molecule has 0 amide bonds. The van der Waals surface area contributed by atoms with Crippen LogP contribution in [0, 0.1) is 0 Å². The van der Waals surface area contributed by atoms with Crippen molar-refractivity contribution in [2.75, 3.05) is 19.0 Å². The highest BCUT2D eigenvalue weighted by Gasteiger charge is 2.37. The van der Waals surface area contributed by atoms with Crippen molar-refractivity contribution in [2.45, 2.75) is 44.7 Å². The van der Waals surface area contributed by atoms with Gasteiger partial charge in [0.05, 0.1) is 5.54 Å². The van der Waals surface area contributed by atoms with Gasteiger partial charge in [-0.3, -0.25) is 4.99 Å². The van der Waals surface area contributed by atoms with Crippen LogP contribution in [0.2, 0.25) is 0 Å². The molecule has 1 saturated heterocycles. The molecule has 2 rings (SSSR count). The van der Waals surface area contributed by atoms with E-state index >= 15 is 0 Å². The Morgan fingerprint density at radius 2 is 2.00 bits per heavy atom. The second-order valence-electron chi connectivity index (χ2n) is 5.42. The molecule has 1 spiro atoms. The third-order valence-corrected chi connectivity index (χ3v) is 3.87. The van der Waals surface area contributed by atoms with E-state index in [0.29, 0.717) is 0 Å². The van der Waals surface area contributed by atoms with Crippen molar-refractivity contribution in [3.63, 3.8) is 0 Å². The first-order valence-corrected chi connectivity index (χ1v) is 6.56. The molecule has 4 heteroatoms. The largest absolute Gasteiger partial charge is 0.381 e. The van der Waals surface area contributed by atoms with Crippen molar-refractivity contribution in [2.24, 2.45) is 4.99 Å². The monoisotopic (exact) mass is 228 g/mol. The van der Waals surface area contributed by atoms with Gasteiger partial charge in [-0.05, 0) is 33.6 Å². The standard InChI is InChI=1S/C11H20N2OS/c1-10(2,3)12-9-13-11(8-15-9)4-6-14-7-5-11/h4-8H2,1-3H3,(H,12,13). The number of nitrogens with zero attached hydrogens (tertiary/aromatic N) is 1. The first-order valence-electron chi connectivity index (χ1n) is 5.58. The lowest BCUT2D eigenvalue weighted by molar-refractivity contribution is 0.0624. The molecular formula is C11H20N2OS. The molecule has 3 nitrogen and oxygen atoms in total. The summed E-state index contributed by atoms with van der Waals surface area (Å²) in [5.41, 5.74) is 0.291. The number of aliphatic imine (C=N–C) groups is 1. The highest BCUT2D eigenvalue weighted by Crippen LogP contribution is 2.35. The van der Waals surface area contributed by atoms with Gasteiger partial charge < -0.3 is 10.1 Å². The van der Waals surface area contributed by atoms with Gasteiger partial charge in [-0.15, -0.1) is 0 Å². The third-order valence-electron chi connectivity index (χ3n) is 2.72. The lowest BCUT2D eigenvalue weighted by atomic mass is 9.93. The van der Waals surface area contributed by atoms with Gasteiger partial charge in [0.15, 0.2) is 5.17 Å². The van der Waals surface area contributed by atoms with Crippen molar-refractivity contribution in [3.8, 4) is 0 Å². The molecule has 15 heavy (non-hydrogen) atoms. The lowest BCUT2D eigenvalue weighted by Gasteiger charge is -2.29. The maximum absolute atomic E-state index is 5.39. The van der Waals surface area contributed by atoms with Gasteiger partial charge in [0.25, 0.3) is 0 Å². The van der Waals surface area contributed by atoms with E-state index in [9.17, 15) is 0 Å². The average molecular weight is 228 g/mol. The zero-order chi connectivity index (χ0) is 10.9. The molecule has 86 valence electrons. The minimum absolute atomic E-state index is 0.114. The highest BCUT2D eigenvalue weighted by molar-refractivity contribution is 8.14. The first kappa shape index (κ1) is 11.3. The zero-order valence-electron chi connectivity index (χ0n) is 9.80. The molecular weight excluding hydrogens is 208 g/mol. The van der Waals surface area contributed by atoms with Crippen molar-refractivity contribution < 1.29 is 4.74 Å². The predicted molar refractivity (Wildman–Crippen MR) is 65.6 cm³/mol. The molecule has 0 atom stereocenters. The fraction of sp³-hybridized carbons (Fsp3) is 0.909. The summed E-state index contributed by atoms with van der Waals surface area (Å²) in [6, 6.07) is 0. The molecule has 0 radical (unpaired) electrons. The second-order valence-corrected chi connectivity index (χ2v) is 6.38. The fourth-order valence-electron chi connectivity index (χ4n) is 1.87. The van der Waals surface area contributed by atoms with Gasteiger partial charge >= 0.3 is 0 Å². The van der Waals surface area contributed by atoms with E-state index in [0.717, 1.165) is 37.0 Å². The second kappa shape index (κ2) is 3.98. The molecule has 1 N–H and O–H groups in total. The Balaban J connectivity index is 2.01. The third kappa shape index (κ3) is 2.88. The van der Waals surface area contributed by atoms with E-state index in [1.165, 1.54) is 0 Å². The molecule has 0 bridgehead atoms. The van der Waals surface area contributed by atoms with Crippen molar-refractivity contribution in [1.29, 1.82) is 0 Å². The van der Waals surface area contributed by atoms with Gasteiger partial charge in [-0.25, -0.2) is 0 Å². The van der Waals surface area contributed by atoms with Crippen molar-refractivity contribution in [1.82, 2.24) is 5.32 Å². The number of hydrogen-bond acceptors (Lipinski definition) is 4. The number of hydrogen-bond donors (Lipinski definition) is 1. The van der Waals surface area contributed by atoms with Gasteiger partial charge in [0, 0.05) is 24.5 Å². The predicted octanol–water partition coefficient (Wildman–Crippen LogP) is 2.03. The number of nitrogens with one attached hydrogen (secondary N) is 1. The molecule has 0 aromatic carbocycles. The maximum Gasteiger partial charge on any atom is 0.157 e. The van der Waals surface area contributed by atoms with Crippen LogP contribution in [0.1, 0.15) is 33.6 Å². The summed E-state index contributed by atoms with van der Waals surface area (Å²) in [7, 11) is 0. The topological polar surface area (TPSA) is 33.6 Å². The first-order chi connectivity index (χ1) is 6.99. The Labute approximate surface area is 96.1 Å². The summed E-state index contributed by atoms with van der Waals surface area (Å²) < 4.78 is 5.39. The Bertz CT molecular complexity index is 264. The Kier molecular flexibility index (Phi) is 2.99. The fourth-order valence-corrected chi connectivity index (χ4v) is 3.27. The molecule has 2 aliphatic rings. The van der Waals surface area contributed by atoms with Crippen LogP contribution in [-0.2, 0) is 4.74 Å². The molecule has 0 aromatic rings. The molecule has 0 aliphatic carbocycles. The van der Waals surface area contributed by atoms with Crippen LogP contribution < -0.4 is 5.32 Å². The summed E-state index contributed by atoms with van der Waals surface area (Å²) in [6.07, 6.45) is 2.16. The van der Waals surface area contributed by atoms with Crippen LogP contribution in [0.15, 0.2) is 4.99 Å². The molecule has 1 fully saturated rings. The van der Waals surface area contributed by atoms with E-state index in [2.05, 4.69) is 26.1 Å². The molecule has 2 aliphatic heterocycles. The smallest absolute Gasteiger partial charge is 0.157 e. The quantitative estimate of drug-likeness (QED) is 0.689. The Morgan fingerprint density at radius 3 is 2.60 bits per heavy atom. The van der Waals surface area contributed by atoms with Crippen molar-refractivity contribution >= 4 is 16.9 Å². The van der Waals surface area contributed by atoms with E-state index < -0.39 is 0 Å². The maximum atomic E-state index is 5.39. The lowest BCUT2D eigenvalue weighted by Crippen LogP contribution is -2.39. The number of rotatable bonds is 0. The van der Waals surface area contributed by atoms with Crippen LogP contribution in [-0.4, -0.2) is 35.2 Å². The molecule has 0 aromatic heterocycles. The van der Waals surface area contributed by atoms with Crippen molar-refractivity contribution in [3.05, 3.63) is 0 Å². The SMILES string of the molecule is CC(C)(C)NC1=NC2(CCOCC2)CS1. The normalized spacial score (nSPS) is 25.4. The van der Waals surface area contributed by atoms with Crippen LogP contribution in [0.5, 0.6) is 0 Å². The molecule has 2 heterocycles. The molecule has 0 saturated carbocycles. The van der Waals surface area contributed by atoms with Gasteiger partial charge in [-0.2, -0.15) is 0 Å². The van der Waals surface area contributed by atoms with Gasteiger partial charge in [0.2, 0.25) is 0 Å². The van der Waals surface area contributed by atoms with Crippen LogP contribution in [0.3, 0.4) is 0 Å². The van der Waals surface area contributed by atoms with E-state index in [4.69, 9.17) is 9.73 Å². The average Bonchev–Trinajstić information content (AvgIpc) is 2.47. The minimum Gasteiger partial charge on any atom is -0.381 e.